The zero-order valence-electron chi connectivity index (χ0n) is 21.3. The van der Waals surface area contributed by atoms with E-state index in [1.807, 2.05) is 0 Å². The lowest BCUT2D eigenvalue weighted by molar-refractivity contribution is 0.0795. The molecule has 0 heterocycles. The summed E-state index contributed by atoms with van der Waals surface area (Å²) >= 11 is 0. The van der Waals surface area contributed by atoms with Gasteiger partial charge in [-0.25, -0.2) is 0 Å². The van der Waals surface area contributed by atoms with Crippen LogP contribution in [0.15, 0.2) is 11.3 Å². The normalized spacial score (nSPS) is 17.8. The Morgan fingerprint density at radius 2 is 1.15 bits per heavy atom. The van der Waals surface area contributed by atoms with Gasteiger partial charge in [0.15, 0.2) is 16.6 Å². The summed E-state index contributed by atoms with van der Waals surface area (Å²) in [7, 11) is -4.93. The number of hydrogen-bond acceptors (Lipinski definition) is 2. The summed E-state index contributed by atoms with van der Waals surface area (Å²) in [6.45, 7) is 35.8. The second-order valence-corrected chi connectivity index (χ2v) is 27.2. The molecule has 27 heavy (non-hydrogen) atoms. The molecule has 0 aliphatic heterocycles. The van der Waals surface area contributed by atoms with Crippen molar-refractivity contribution in [2.24, 2.45) is 0 Å². The molecule has 0 aliphatic rings. The Labute approximate surface area is 174 Å². The first-order valence-corrected chi connectivity index (χ1v) is 20.0. The molecule has 0 saturated carbocycles. The van der Waals surface area contributed by atoms with Crippen molar-refractivity contribution >= 4 is 24.7 Å². The monoisotopic (exact) mass is 430 g/mol. The van der Waals surface area contributed by atoms with E-state index in [0.29, 0.717) is 0 Å². The fraction of sp³-hybridized carbons (Fsp3) is 0.909. The van der Waals surface area contributed by atoms with Crippen LogP contribution < -0.4 is 0 Å². The molecule has 2 nitrogen and oxygen atoms in total. The summed E-state index contributed by atoms with van der Waals surface area (Å²) in [6, 6.07) is 0. The first kappa shape index (κ1) is 27.3. The van der Waals surface area contributed by atoms with Crippen molar-refractivity contribution in [3.63, 3.8) is 0 Å². The molecule has 0 aliphatic carbocycles. The van der Waals surface area contributed by atoms with E-state index in [-0.39, 0.29) is 15.7 Å². The molecule has 0 saturated heterocycles. The van der Waals surface area contributed by atoms with Gasteiger partial charge in [-0.2, -0.15) is 0 Å². The molecule has 0 aromatic heterocycles. The molecular formula is C22H50O2Si3. The van der Waals surface area contributed by atoms with E-state index in [4.69, 9.17) is 8.85 Å². The van der Waals surface area contributed by atoms with Gasteiger partial charge in [0, 0.05) is 13.0 Å². The van der Waals surface area contributed by atoms with Gasteiger partial charge in [0.25, 0.3) is 0 Å². The van der Waals surface area contributed by atoms with Gasteiger partial charge < -0.3 is 8.85 Å². The summed E-state index contributed by atoms with van der Waals surface area (Å²) < 4.78 is 13.6. The quantitative estimate of drug-likeness (QED) is 0.363. The van der Waals surface area contributed by atoms with Crippen molar-refractivity contribution in [3.05, 3.63) is 11.3 Å². The van der Waals surface area contributed by atoms with Crippen molar-refractivity contribution in [2.45, 2.75) is 123 Å². The lowest BCUT2D eigenvalue weighted by Gasteiger charge is -2.46. The summed E-state index contributed by atoms with van der Waals surface area (Å²) in [6.07, 6.45) is 0.929. The molecule has 0 amide bonds. The van der Waals surface area contributed by atoms with Crippen LogP contribution in [-0.2, 0) is 8.85 Å². The first-order valence-electron chi connectivity index (χ1n) is 10.6. The Kier molecular flexibility index (Phi) is 8.68. The lowest BCUT2D eigenvalue weighted by Crippen LogP contribution is -2.50. The molecule has 0 unspecified atom stereocenters. The first-order chi connectivity index (χ1) is 11.5. The van der Waals surface area contributed by atoms with Crippen molar-refractivity contribution in [3.8, 4) is 0 Å². The van der Waals surface area contributed by atoms with E-state index >= 15 is 0 Å². The lowest BCUT2D eigenvalue weighted by atomic mass is 9.95. The van der Waals surface area contributed by atoms with Crippen LogP contribution in [0.2, 0.25) is 55.9 Å². The highest BCUT2D eigenvalue weighted by Gasteiger charge is 2.44. The highest BCUT2D eigenvalue weighted by atomic mass is 28.4. The predicted molar refractivity (Wildman–Crippen MR) is 132 cm³/mol. The van der Waals surface area contributed by atoms with E-state index < -0.39 is 24.7 Å². The smallest absolute Gasteiger partial charge is 0.193 e. The maximum atomic E-state index is 7.03. The highest BCUT2D eigenvalue weighted by Crippen LogP contribution is 2.42. The topological polar surface area (TPSA) is 18.5 Å². The second-order valence-electron chi connectivity index (χ2n) is 12.6. The van der Waals surface area contributed by atoms with E-state index in [1.165, 1.54) is 5.57 Å². The largest absolute Gasteiger partial charge is 0.417 e. The SMILES string of the molecule is C/C(=C\[Si](C)(C)C)[C@@](C)(CCO[Si](C)(C)C(C)(C)C)O[Si](C)(C)C(C)(C)C. The van der Waals surface area contributed by atoms with Crippen LogP contribution in [0.25, 0.3) is 0 Å². The van der Waals surface area contributed by atoms with Crippen LogP contribution in [0, 0.1) is 0 Å². The van der Waals surface area contributed by atoms with Crippen molar-refractivity contribution in [1.29, 1.82) is 0 Å². The molecule has 0 spiro atoms. The average Bonchev–Trinajstić information content (AvgIpc) is 2.32. The van der Waals surface area contributed by atoms with Crippen LogP contribution >= 0.6 is 0 Å². The van der Waals surface area contributed by atoms with Crippen molar-refractivity contribution < 1.29 is 8.85 Å². The van der Waals surface area contributed by atoms with Gasteiger partial charge in [-0.1, -0.05) is 72.5 Å². The molecule has 1 atom stereocenters. The van der Waals surface area contributed by atoms with Gasteiger partial charge in [0.1, 0.15) is 0 Å². The Bertz CT molecular complexity index is 517. The fourth-order valence-electron chi connectivity index (χ4n) is 2.56. The van der Waals surface area contributed by atoms with Gasteiger partial charge in [-0.15, -0.1) is 0 Å². The van der Waals surface area contributed by atoms with Crippen LogP contribution in [0.1, 0.15) is 61.8 Å². The van der Waals surface area contributed by atoms with E-state index in [2.05, 4.69) is 107 Å². The minimum Gasteiger partial charge on any atom is -0.417 e. The third-order valence-corrected chi connectivity index (χ3v) is 17.0. The minimum atomic E-state index is -1.88. The molecule has 0 N–H and O–H groups in total. The zero-order chi connectivity index (χ0) is 22.1. The highest BCUT2D eigenvalue weighted by molar-refractivity contribution is 6.81. The fourth-order valence-corrected chi connectivity index (χ4v) is 6.91. The Morgan fingerprint density at radius 3 is 1.48 bits per heavy atom. The molecule has 0 bridgehead atoms. The molecule has 5 heteroatoms. The third-order valence-electron chi connectivity index (χ3n) is 6.62. The Balaban J connectivity index is 5.66. The summed E-state index contributed by atoms with van der Waals surface area (Å²) in [5, 5.41) is 0.445. The third kappa shape index (κ3) is 8.29. The Morgan fingerprint density at radius 1 is 0.741 bits per heavy atom. The Hall–Kier alpha value is 0.311. The molecule has 0 rings (SSSR count). The summed E-state index contributed by atoms with van der Waals surface area (Å²) in [5.74, 6) is 0. The van der Waals surface area contributed by atoms with Gasteiger partial charge in [0.05, 0.1) is 13.7 Å². The van der Waals surface area contributed by atoms with Gasteiger partial charge in [-0.05, 0) is 50.1 Å². The van der Waals surface area contributed by atoms with Gasteiger partial charge >= 0.3 is 0 Å². The van der Waals surface area contributed by atoms with Crippen LogP contribution in [0.3, 0.4) is 0 Å². The minimum absolute atomic E-state index is 0.202. The maximum absolute atomic E-state index is 7.03. The molecule has 0 aromatic rings. The molecule has 0 radical (unpaired) electrons. The van der Waals surface area contributed by atoms with Gasteiger partial charge in [-0.3, -0.25) is 0 Å². The molecule has 0 fully saturated rings. The molecule has 0 aromatic carbocycles. The van der Waals surface area contributed by atoms with E-state index in [9.17, 15) is 0 Å². The van der Waals surface area contributed by atoms with Crippen LogP contribution in [0.4, 0.5) is 0 Å². The molecule has 162 valence electrons. The second kappa shape index (κ2) is 8.58. The van der Waals surface area contributed by atoms with E-state index in [0.717, 1.165) is 13.0 Å². The molecular weight excluding hydrogens is 380 g/mol. The standard InChI is InChI=1S/C22H50O2Si3/c1-19(18-25(9,10)11)22(8,24-27(14,15)21(5,6)7)16-17-23-26(12,13)20(2,3)4/h18H,16-17H2,1-15H3/b19-18+/t22-/m1/s1. The number of rotatable bonds is 8. The van der Waals surface area contributed by atoms with Crippen molar-refractivity contribution in [2.75, 3.05) is 6.61 Å². The summed E-state index contributed by atoms with van der Waals surface area (Å²) in [4.78, 5) is 0. The zero-order valence-corrected chi connectivity index (χ0v) is 24.3. The van der Waals surface area contributed by atoms with Crippen molar-refractivity contribution in [1.82, 2.24) is 0 Å². The van der Waals surface area contributed by atoms with Gasteiger partial charge in [0.2, 0.25) is 0 Å². The predicted octanol–water partition coefficient (Wildman–Crippen LogP) is 8.00. The van der Waals surface area contributed by atoms with E-state index in [1.54, 1.807) is 0 Å². The van der Waals surface area contributed by atoms with Crippen LogP contribution in [0.5, 0.6) is 0 Å². The maximum Gasteiger partial charge on any atom is 0.193 e. The average molecular weight is 431 g/mol. The summed E-state index contributed by atoms with van der Waals surface area (Å²) in [5.41, 5.74) is 3.67. The van der Waals surface area contributed by atoms with Crippen LogP contribution in [-0.4, -0.2) is 36.9 Å². The number of hydrogen-bond donors (Lipinski definition) is 0.